The van der Waals surface area contributed by atoms with Crippen molar-refractivity contribution in [2.24, 2.45) is 0 Å². The molecule has 0 amide bonds. The van der Waals surface area contributed by atoms with Crippen LogP contribution in [-0.4, -0.2) is 35.0 Å². The number of hydrogen-bond donors (Lipinski definition) is 1. The van der Waals surface area contributed by atoms with Crippen LogP contribution in [0.5, 0.6) is 0 Å². The van der Waals surface area contributed by atoms with Crippen LogP contribution in [0.2, 0.25) is 0 Å². The van der Waals surface area contributed by atoms with Crippen molar-refractivity contribution in [3.05, 3.63) is 83.1 Å². The van der Waals surface area contributed by atoms with Crippen LogP contribution in [0.4, 0.5) is 0 Å². The first kappa shape index (κ1) is 21.4. The van der Waals surface area contributed by atoms with Gasteiger partial charge in [0.1, 0.15) is 5.82 Å². The van der Waals surface area contributed by atoms with E-state index in [1.807, 2.05) is 30.3 Å². The predicted molar refractivity (Wildman–Crippen MR) is 124 cm³/mol. The van der Waals surface area contributed by atoms with Crippen LogP contribution in [0.3, 0.4) is 0 Å². The Morgan fingerprint density at radius 3 is 2.56 bits per heavy atom. The van der Waals surface area contributed by atoms with Crippen LogP contribution < -0.4 is 5.69 Å². The molecular weight excluding hydrogens is 402 g/mol. The minimum Gasteiger partial charge on any atom is -0.274 e. The number of hydrogen-bond acceptors (Lipinski definition) is 5. The third-order valence-corrected chi connectivity index (χ3v) is 5.43. The number of H-pyrrole nitrogens is 1. The van der Waals surface area contributed by atoms with Crippen molar-refractivity contribution in [2.75, 3.05) is 0 Å². The maximum absolute atomic E-state index is 12.9. The van der Waals surface area contributed by atoms with Gasteiger partial charge in [0.2, 0.25) is 0 Å². The summed E-state index contributed by atoms with van der Waals surface area (Å²) in [6.45, 7) is 7.05. The summed E-state index contributed by atoms with van der Waals surface area (Å²) in [5, 5.41) is 18.8. The van der Waals surface area contributed by atoms with E-state index in [2.05, 4.69) is 63.5 Å². The fourth-order valence-electron chi connectivity index (χ4n) is 3.70. The van der Waals surface area contributed by atoms with Crippen molar-refractivity contribution in [1.82, 2.24) is 35.0 Å². The van der Waals surface area contributed by atoms with E-state index in [0.29, 0.717) is 25.3 Å². The van der Waals surface area contributed by atoms with E-state index in [9.17, 15) is 4.79 Å². The quantitative estimate of drug-likeness (QED) is 0.386. The summed E-state index contributed by atoms with van der Waals surface area (Å²) < 4.78 is 3.38. The molecule has 2 aromatic heterocycles. The first-order valence-corrected chi connectivity index (χ1v) is 10.9. The maximum atomic E-state index is 12.9. The molecule has 4 rings (SSSR count). The van der Waals surface area contributed by atoms with Crippen molar-refractivity contribution >= 4 is 0 Å². The van der Waals surface area contributed by atoms with Crippen molar-refractivity contribution in [3.8, 4) is 22.5 Å². The smallest absolute Gasteiger partial charge is 0.274 e. The molecule has 2 aromatic carbocycles. The fourth-order valence-corrected chi connectivity index (χ4v) is 3.70. The highest BCUT2D eigenvalue weighted by Gasteiger charge is 2.14. The van der Waals surface area contributed by atoms with Crippen LogP contribution >= 0.6 is 0 Å². The van der Waals surface area contributed by atoms with E-state index in [0.717, 1.165) is 47.3 Å². The molecule has 0 saturated heterocycles. The average molecular weight is 430 g/mol. The number of nitrogens with one attached hydrogen (secondary N) is 1. The van der Waals surface area contributed by atoms with E-state index in [1.54, 1.807) is 9.25 Å². The zero-order chi connectivity index (χ0) is 22.3. The SMILES string of the molecule is C=CCCc1nn(CCCC)c(=O)n1Cc1ccc(-c2ccccc2-c2nnn[nH]2)cc1. The average Bonchev–Trinajstić information content (AvgIpc) is 3.46. The van der Waals surface area contributed by atoms with Gasteiger partial charge in [-0.1, -0.05) is 68.0 Å². The number of nitrogens with zero attached hydrogens (tertiary/aromatic N) is 6. The molecule has 2 heterocycles. The highest BCUT2D eigenvalue weighted by molar-refractivity contribution is 5.80. The zero-order valence-electron chi connectivity index (χ0n) is 18.2. The van der Waals surface area contributed by atoms with Crippen molar-refractivity contribution in [2.45, 2.75) is 45.7 Å². The van der Waals surface area contributed by atoms with Crippen LogP contribution in [0.25, 0.3) is 22.5 Å². The van der Waals surface area contributed by atoms with Crippen LogP contribution in [-0.2, 0) is 19.5 Å². The summed E-state index contributed by atoms with van der Waals surface area (Å²) in [6, 6.07) is 16.2. The Bertz CT molecular complexity index is 1220. The molecular formula is C24H27N7O. The lowest BCUT2D eigenvalue weighted by Gasteiger charge is -2.09. The second-order valence-corrected chi connectivity index (χ2v) is 7.68. The molecule has 0 radical (unpaired) electrons. The highest BCUT2D eigenvalue weighted by atomic mass is 16.2. The van der Waals surface area contributed by atoms with Gasteiger partial charge in [0, 0.05) is 18.5 Å². The summed E-state index contributed by atoms with van der Waals surface area (Å²) in [5.41, 5.74) is 4.02. The van der Waals surface area contributed by atoms with Gasteiger partial charge in [0.05, 0.1) is 6.54 Å². The van der Waals surface area contributed by atoms with E-state index >= 15 is 0 Å². The Hall–Kier alpha value is -3.81. The minimum atomic E-state index is -0.0512. The fraction of sp³-hybridized carbons (Fsp3) is 0.292. The molecule has 0 bridgehead atoms. The lowest BCUT2D eigenvalue weighted by Crippen LogP contribution is -2.26. The maximum Gasteiger partial charge on any atom is 0.346 e. The third-order valence-electron chi connectivity index (χ3n) is 5.43. The number of rotatable bonds is 10. The molecule has 0 aliphatic heterocycles. The Balaban J connectivity index is 1.61. The molecule has 0 saturated carbocycles. The topological polar surface area (TPSA) is 94.3 Å². The van der Waals surface area contributed by atoms with E-state index in [4.69, 9.17) is 0 Å². The Morgan fingerprint density at radius 2 is 1.88 bits per heavy atom. The number of benzene rings is 2. The highest BCUT2D eigenvalue weighted by Crippen LogP contribution is 2.29. The first-order chi connectivity index (χ1) is 15.7. The van der Waals surface area contributed by atoms with Gasteiger partial charge < -0.3 is 0 Å². The van der Waals surface area contributed by atoms with E-state index in [1.165, 1.54) is 0 Å². The summed E-state index contributed by atoms with van der Waals surface area (Å²) in [6.07, 6.45) is 5.31. The number of tetrazole rings is 1. The Morgan fingerprint density at radius 1 is 1.09 bits per heavy atom. The molecule has 0 unspecified atom stereocenters. The molecule has 0 spiro atoms. The van der Waals surface area contributed by atoms with Gasteiger partial charge in [-0.15, -0.1) is 11.7 Å². The lowest BCUT2D eigenvalue weighted by atomic mass is 9.98. The van der Waals surface area contributed by atoms with E-state index < -0.39 is 0 Å². The van der Waals surface area contributed by atoms with Crippen LogP contribution in [0.15, 0.2) is 66.0 Å². The second kappa shape index (κ2) is 10.00. The third kappa shape index (κ3) is 4.59. The minimum absolute atomic E-state index is 0.0512. The zero-order valence-corrected chi connectivity index (χ0v) is 18.2. The summed E-state index contributed by atoms with van der Waals surface area (Å²) in [7, 11) is 0. The summed E-state index contributed by atoms with van der Waals surface area (Å²) >= 11 is 0. The molecule has 8 heteroatoms. The van der Waals surface area contributed by atoms with Gasteiger partial charge in [-0.05, 0) is 40.0 Å². The normalized spacial score (nSPS) is 11.0. The summed E-state index contributed by atoms with van der Waals surface area (Å²) in [4.78, 5) is 12.9. The molecule has 0 aliphatic rings. The number of aryl methyl sites for hydroxylation is 2. The standard InChI is InChI=1S/C24H27N7O/c1-3-5-11-22-27-31(16-6-4-2)24(32)30(22)17-18-12-14-19(15-13-18)20-9-7-8-10-21(20)23-25-28-29-26-23/h3,7-10,12-15H,1,4-6,11,16-17H2,2H3,(H,25,26,28,29). The van der Waals surface area contributed by atoms with Crippen LogP contribution in [0.1, 0.15) is 37.6 Å². The van der Waals surface area contributed by atoms with Crippen LogP contribution in [0, 0.1) is 0 Å². The molecule has 8 nitrogen and oxygen atoms in total. The van der Waals surface area contributed by atoms with Crippen molar-refractivity contribution < 1.29 is 0 Å². The van der Waals surface area contributed by atoms with Gasteiger partial charge in [-0.3, -0.25) is 4.57 Å². The van der Waals surface area contributed by atoms with Crippen molar-refractivity contribution in [3.63, 3.8) is 0 Å². The van der Waals surface area contributed by atoms with E-state index in [-0.39, 0.29) is 5.69 Å². The predicted octanol–water partition coefficient (Wildman–Crippen LogP) is 3.86. The van der Waals surface area contributed by atoms with Gasteiger partial charge in [-0.25, -0.2) is 14.6 Å². The number of allylic oxidation sites excluding steroid dienone is 1. The Labute approximate surface area is 186 Å². The van der Waals surface area contributed by atoms with Gasteiger partial charge in [-0.2, -0.15) is 5.10 Å². The molecule has 4 aromatic rings. The largest absolute Gasteiger partial charge is 0.346 e. The molecule has 0 fully saturated rings. The second-order valence-electron chi connectivity index (χ2n) is 7.68. The van der Waals surface area contributed by atoms with Crippen molar-refractivity contribution in [1.29, 1.82) is 0 Å². The van der Waals surface area contributed by atoms with Gasteiger partial charge >= 0.3 is 5.69 Å². The molecule has 0 atom stereocenters. The molecule has 1 N–H and O–H groups in total. The van der Waals surface area contributed by atoms with Gasteiger partial charge in [0.15, 0.2) is 5.82 Å². The monoisotopic (exact) mass is 429 g/mol. The molecule has 32 heavy (non-hydrogen) atoms. The molecule has 164 valence electrons. The Kier molecular flexibility index (Phi) is 6.69. The summed E-state index contributed by atoms with van der Waals surface area (Å²) in [5.74, 6) is 1.43. The van der Waals surface area contributed by atoms with Gasteiger partial charge in [0.25, 0.3) is 0 Å². The first-order valence-electron chi connectivity index (χ1n) is 10.9. The number of unbranched alkanes of at least 4 members (excludes halogenated alkanes) is 1. The molecule has 0 aliphatic carbocycles. The lowest BCUT2D eigenvalue weighted by molar-refractivity contribution is 0.544. The number of aromatic nitrogens is 7. The number of aromatic amines is 1.